The van der Waals surface area contributed by atoms with Crippen LogP contribution in [0.25, 0.3) is 0 Å². The van der Waals surface area contributed by atoms with Gasteiger partial charge < -0.3 is 0 Å². The van der Waals surface area contributed by atoms with Crippen LogP contribution in [0.1, 0.15) is 0 Å². The van der Waals surface area contributed by atoms with Crippen molar-refractivity contribution in [3.63, 3.8) is 0 Å². The van der Waals surface area contributed by atoms with Crippen LogP contribution < -0.4 is 0 Å². The minimum Gasteiger partial charge on any atom is -0.139 e. The molecule has 0 aromatic heterocycles. The zero-order chi connectivity index (χ0) is 5.98. The maximum Gasteiger partial charge on any atom is 0.104 e. The van der Waals surface area contributed by atoms with Crippen molar-refractivity contribution in [1.29, 1.82) is 0 Å². The molecule has 1 fully saturated rings. The molecule has 0 bridgehead atoms. The fourth-order valence-corrected chi connectivity index (χ4v) is 3.44. The highest BCUT2D eigenvalue weighted by atomic mass is 35.5. The predicted octanol–water partition coefficient (Wildman–Crippen LogP) is 2.60. The average molecular weight is 189 g/mol. The lowest BCUT2D eigenvalue weighted by Crippen LogP contribution is -2.14. The summed E-state index contributed by atoms with van der Waals surface area (Å²) in [6.45, 7) is 0. The van der Waals surface area contributed by atoms with E-state index in [0.717, 1.165) is 11.5 Å². The molecule has 1 aliphatic rings. The smallest absolute Gasteiger partial charge is 0.104 e. The second-order valence-corrected chi connectivity index (χ2v) is 5.40. The van der Waals surface area contributed by atoms with Crippen LogP contribution in [-0.2, 0) is 0 Å². The SMILES string of the molecule is Cl[C@H]1SCCS[C@@H]1Cl. The summed E-state index contributed by atoms with van der Waals surface area (Å²) in [7, 11) is 0. The Labute approximate surface area is 67.7 Å². The van der Waals surface area contributed by atoms with Crippen LogP contribution >= 0.6 is 46.7 Å². The molecule has 0 amide bonds. The molecule has 0 aromatic carbocycles. The normalized spacial score (nSPS) is 39.8. The molecule has 0 nitrogen and oxygen atoms in total. The van der Waals surface area contributed by atoms with Crippen LogP contribution in [0.2, 0.25) is 0 Å². The minimum atomic E-state index is 0.121. The van der Waals surface area contributed by atoms with E-state index in [2.05, 4.69) is 0 Å². The van der Waals surface area contributed by atoms with Gasteiger partial charge in [-0.05, 0) is 0 Å². The third-order valence-corrected chi connectivity index (χ3v) is 5.02. The molecule has 0 aliphatic carbocycles. The van der Waals surface area contributed by atoms with E-state index in [1.807, 2.05) is 0 Å². The van der Waals surface area contributed by atoms with Crippen molar-refractivity contribution in [3.05, 3.63) is 0 Å². The van der Waals surface area contributed by atoms with Crippen molar-refractivity contribution in [2.45, 2.75) is 9.42 Å². The summed E-state index contributed by atoms with van der Waals surface area (Å²) >= 11 is 15.0. The van der Waals surface area contributed by atoms with Gasteiger partial charge in [0.1, 0.15) is 9.42 Å². The molecular formula is C4H6Cl2S2. The van der Waals surface area contributed by atoms with E-state index in [9.17, 15) is 0 Å². The van der Waals surface area contributed by atoms with Gasteiger partial charge in [-0.3, -0.25) is 0 Å². The number of rotatable bonds is 0. The monoisotopic (exact) mass is 188 g/mol. The molecule has 1 aliphatic heterocycles. The number of thioether (sulfide) groups is 2. The van der Waals surface area contributed by atoms with Crippen molar-refractivity contribution >= 4 is 46.7 Å². The van der Waals surface area contributed by atoms with Crippen LogP contribution in [0.5, 0.6) is 0 Å². The lowest BCUT2D eigenvalue weighted by Gasteiger charge is -2.19. The van der Waals surface area contributed by atoms with Crippen LogP contribution in [-0.4, -0.2) is 20.9 Å². The Morgan fingerprint density at radius 1 is 1.00 bits per heavy atom. The van der Waals surface area contributed by atoms with Gasteiger partial charge in [-0.15, -0.1) is 46.7 Å². The number of halogens is 2. The summed E-state index contributed by atoms with van der Waals surface area (Å²) in [5.41, 5.74) is 0. The molecule has 4 heteroatoms. The molecule has 1 saturated heterocycles. The third kappa shape index (κ3) is 1.90. The standard InChI is InChI=1S/C4H6Cl2S2/c5-3-4(6)8-2-1-7-3/h3-4H,1-2H2/t3-,4-/m0/s1. The molecule has 1 rings (SSSR count). The highest BCUT2D eigenvalue weighted by Crippen LogP contribution is 2.35. The van der Waals surface area contributed by atoms with E-state index < -0.39 is 0 Å². The molecule has 48 valence electrons. The van der Waals surface area contributed by atoms with Gasteiger partial charge in [-0.1, -0.05) is 0 Å². The van der Waals surface area contributed by atoms with E-state index in [0.29, 0.717) is 0 Å². The minimum absolute atomic E-state index is 0.121. The first-order chi connectivity index (χ1) is 3.80. The maximum atomic E-state index is 5.78. The number of hydrogen-bond acceptors (Lipinski definition) is 2. The molecule has 0 unspecified atom stereocenters. The zero-order valence-corrected chi connectivity index (χ0v) is 7.29. The highest BCUT2D eigenvalue weighted by Gasteiger charge is 2.21. The van der Waals surface area contributed by atoms with Crippen molar-refractivity contribution < 1.29 is 0 Å². The largest absolute Gasteiger partial charge is 0.139 e. The fourth-order valence-electron chi connectivity index (χ4n) is 0.473. The van der Waals surface area contributed by atoms with Gasteiger partial charge in [0, 0.05) is 11.5 Å². The quantitative estimate of drug-likeness (QED) is 0.537. The summed E-state index contributed by atoms with van der Waals surface area (Å²) in [6, 6.07) is 0. The van der Waals surface area contributed by atoms with Crippen molar-refractivity contribution in [2.24, 2.45) is 0 Å². The highest BCUT2D eigenvalue weighted by molar-refractivity contribution is 8.08. The molecule has 0 spiro atoms. The zero-order valence-electron chi connectivity index (χ0n) is 4.14. The Balaban J connectivity index is 2.28. The second kappa shape index (κ2) is 3.45. The average Bonchev–Trinajstić information content (AvgIpc) is 1.77. The van der Waals surface area contributed by atoms with Crippen LogP contribution in [0.3, 0.4) is 0 Å². The molecule has 0 saturated carbocycles. The van der Waals surface area contributed by atoms with Crippen LogP contribution in [0.15, 0.2) is 0 Å². The van der Waals surface area contributed by atoms with Gasteiger partial charge in [0.05, 0.1) is 0 Å². The van der Waals surface area contributed by atoms with E-state index in [1.54, 1.807) is 23.5 Å². The summed E-state index contributed by atoms with van der Waals surface area (Å²) in [6.07, 6.45) is 0. The lowest BCUT2D eigenvalue weighted by atomic mass is 10.9. The Morgan fingerprint density at radius 3 is 1.62 bits per heavy atom. The first-order valence-electron chi connectivity index (χ1n) is 2.32. The van der Waals surface area contributed by atoms with Crippen molar-refractivity contribution in [3.8, 4) is 0 Å². The van der Waals surface area contributed by atoms with Gasteiger partial charge in [0.15, 0.2) is 0 Å². The predicted molar refractivity (Wildman–Crippen MR) is 44.2 cm³/mol. The van der Waals surface area contributed by atoms with Crippen LogP contribution in [0.4, 0.5) is 0 Å². The summed E-state index contributed by atoms with van der Waals surface area (Å²) in [5, 5.41) is 0. The first-order valence-corrected chi connectivity index (χ1v) is 5.29. The van der Waals surface area contributed by atoms with Gasteiger partial charge >= 0.3 is 0 Å². The van der Waals surface area contributed by atoms with Gasteiger partial charge in [-0.25, -0.2) is 0 Å². The molecule has 8 heavy (non-hydrogen) atoms. The van der Waals surface area contributed by atoms with Gasteiger partial charge in [0.25, 0.3) is 0 Å². The summed E-state index contributed by atoms with van der Waals surface area (Å²) in [5.74, 6) is 2.28. The summed E-state index contributed by atoms with van der Waals surface area (Å²) < 4.78 is 0.242. The topological polar surface area (TPSA) is 0 Å². The van der Waals surface area contributed by atoms with Crippen molar-refractivity contribution in [1.82, 2.24) is 0 Å². The lowest BCUT2D eigenvalue weighted by molar-refractivity contribution is 1.28. The molecule has 2 atom stereocenters. The van der Waals surface area contributed by atoms with E-state index in [-0.39, 0.29) is 9.42 Å². The third-order valence-electron chi connectivity index (χ3n) is 0.844. The summed E-state index contributed by atoms with van der Waals surface area (Å²) in [4.78, 5) is 0. The Morgan fingerprint density at radius 2 is 1.38 bits per heavy atom. The number of hydrogen-bond donors (Lipinski definition) is 0. The molecule has 0 aromatic rings. The maximum absolute atomic E-state index is 5.78. The van der Waals surface area contributed by atoms with E-state index in [1.165, 1.54) is 0 Å². The molecule has 0 radical (unpaired) electrons. The van der Waals surface area contributed by atoms with Gasteiger partial charge in [-0.2, -0.15) is 0 Å². The Hall–Kier alpha value is 1.28. The second-order valence-electron chi connectivity index (χ2n) is 1.44. The molecular weight excluding hydrogens is 183 g/mol. The number of alkyl halides is 2. The van der Waals surface area contributed by atoms with Crippen molar-refractivity contribution in [2.75, 3.05) is 11.5 Å². The Kier molecular flexibility index (Phi) is 3.18. The van der Waals surface area contributed by atoms with E-state index in [4.69, 9.17) is 23.2 Å². The Bertz CT molecular complexity index is 68.4. The van der Waals surface area contributed by atoms with Gasteiger partial charge in [0.2, 0.25) is 0 Å². The first kappa shape index (κ1) is 7.39. The van der Waals surface area contributed by atoms with Crippen LogP contribution in [0, 0.1) is 0 Å². The molecule has 0 N–H and O–H groups in total. The molecule has 1 heterocycles. The fraction of sp³-hybridized carbons (Fsp3) is 1.00. The van der Waals surface area contributed by atoms with E-state index >= 15 is 0 Å².